The first-order valence-corrected chi connectivity index (χ1v) is 5.43. The molecule has 0 aliphatic rings. The highest BCUT2D eigenvalue weighted by Crippen LogP contribution is 2.32. The van der Waals surface area contributed by atoms with Gasteiger partial charge in [-0.2, -0.15) is 5.10 Å². The first-order valence-electron chi connectivity index (χ1n) is 5.43. The van der Waals surface area contributed by atoms with Crippen molar-refractivity contribution in [3.63, 3.8) is 0 Å². The van der Waals surface area contributed by atoms with Crippen LogP contribution >= 0.6 is 0 Å². The third kappa shape index (κ3) is 2.18. The summed E-state index contributed by atoms with van der Waals surface area (Å²) in [4.78, 5) is 0. The minimum atomic E-state index is -2.70. The molecule has 6 heteroatoms. The molecule has 0 radical (unpaired) electrons. The van der Waals surface area contributed by atoms with Crippen LogP contribution in [0, 0.1) is 5.82 Å². The van der Waals surface area contributed by atoms with E-state index < -0.39 is 12.2 Å². The van der Waals surface area contributed by atoms with Gasteiger partial charge in [-0.1, -0.05) is 0 Å². The molecule has 0 unspecified atom stereocenters. The van der Waals surface area contributed by atoms with Crippen molar-refractivity contribution in [2.75, 3.05) is 5.73 Å². The Morgan fingerprint density at radius 3 is 2.67 bits per heavy atom. The summed E-state index contributed by atoms with van der Waals surface area (Å²) >= 11 is 0. The number of aryl methyl sites for hydroxylation is 1. The number of benzene rings is 1. The molecule has 2 aromatic rings. The Kier molecular flexibility index (Phi) is 3.27. The maximum absolute atomic E-state index is 13.7. The molecule has 0 saturated heterocycles. The second-order valence-corrected chi connectivity index (χ2v) is 3.83. The second kappa shape index (κ2) is 4.72. The van der Waals surface area contributed by atoms with Gasteiger partial charge in [-0.05, 0) is 25.1 Å². The lowest BCUT2D eigenvalue weighted by Gasteiger charge is -2.03. The van der Waals surface area contributed by atoms with Crippen molar-refractivity contribution in [2.24, 2.45) is 0 Å². The van der Waals surface area contributed by atoms with E-state index >= 15 is 0 Å². The first-order chi connectivity index (χ1) is 8.52. The van der Waals surface area contributed by atoms with Crippen LogP contribution in [0.2, 0.25) is 0 Å². The van der Waals surface area contributed by atoms with Crippen LogP contribution in [0.3, 0.4) is 0 Å². The zero-order valence-corrected chi connectivity index (χ0v) is 9.70. The van der Waals surface area contributed by atoms with E-state index in [-0.39, 0.29) is 22.5 Å². The van der Waals surface area contributed by atoms with Crippen molar-refractivity contribution in [1.29, 1.82) is 0 Å². The molecule has 0 bridgehead atoms. The fourth-order valence-electron chi connectivity index (χ4n) is 1.69. The maximum Gasteiger partial charge on any atom is 0.267 e. The van der Waals surface area contributed by atoms with Gasteiger partial charge in [-0.25, -0.2) is 13.2 Å². The van der Waals surface area contributed by atoms with Gasteiger partial charge in [0.2, 0.25) is 0 Å². The summed E-state index contributed by atoms with van der Waals surface area (Å²) in [5, 5.41) is 3.97. The summed E-state index contributed by atoms with van der Waals surface area (Å²) in [6.45, 7) is 2.21. The lowest BCUT2D eigenvalue weighted by molar-refractivity contribution is 0.152. The van der Waals surface area contributed by atoms with Crippen molar-refractivity contribution in [1.82, 2.24) is 9.78 Å². The number of anilines is 1. The molecule has 1 heterocycles. The molecule has 2 rings (SSSR count). The Bertz CT molecular complexity index is 564. The molecule has 1 aromatic carbocycles. The van der Waals surface area contributed by atoms with E-state index in [9.17, 15) is 13.2 Å². The SMILES string of the molecule is CCn1cc(C(F)F)c(-c2ccc(N)cc2F)n1. The molecule has 3 nitrogen and oxygen atoms in total. The molecule has 96 valence electrons. The van der Waals surface area contributed by atoms with Gasteiger partial charge < -0.3 is 5.73 Å². The average molecular weight is 255 g/mol. The number of hydrogen-bond donors (Lipinski definition) is 1. The minimum Gasteiger partial charge on any atom is -0.399 e. The number of hydrogen-bond acceptors (Lipinski definition) is 2. The van der Waals surface area contributed by atoms with Crippen LogP contribution in [0.1, 0.15) is 18.9 Å². The fraction of sp³-hybridized carbons (Fsp3) is 0.250. The number of nitrogens with two attached hydrogens (primary N) is 1. The monoisotopic (exact) mass is 255 g/mol. The molecule has 0 spiro atoms. The third-order valence-corrected chi connectivity index (χ3v) is 2.60. The molecule has 0 aliphatic carbocycles. The van der Waals surface area contributed by atoms with Crippen molar-refractivity contribution in [3.8, 4) is 11.3 Å². The molecule has 1 aromatic heterocycles. The van der Waals surface area contributed by atoms with Gasteiger partial charge in [0.25, 0.3) is 6.43 Å². The minimum absolute atomic E-state index is 0.0340. The van der Waals surface area contributed by atoms with Crippen LogP contribution in [0.5, 0.6) is 0 Å². The van der Waals surface area contributed by atoms with Crippen molar-refractivity contribution < 1.29 is 13.2 Å². The number of aromatic nitrogens is 2. The normalized spacial score (nSPS) is 11.2. The summed E-state index contributed by atoms with van der Waals surface area (Å²) in [5.74, 6) is -0.654. The van der Waals surface area contributed by atoms with Crippen LogP contribution in [-0.2, 0) is 6.54 Å². The van der Waals surface area contributed by atoms with Crippen molar-refractivity contribution in [2.45, 2.75) is 19.9 Å². The average Bonchev–Trinajstić information content (AvgIpc) is 2.73. The molecule has 0 fully saturated rings. The number of nitrogens with zero attached hydrogens (tertiary/aromatic N) is 2. The van der Waals surface area contributed by atoms with Gasteiger partial charge in [0, 0.05) is 24.0 Å². The number of nitrogen functional groups attached to an aromatic ring is 1. The number of alkyl halides is 2. The van der Waals surface area contributed by atoms with Crippen LogP contribution in [0.25, 0.3) is 11.3 Å². The Labute approximate surface area is 102 Å². The first kappa shape index (κ1) is 12.5. The zero-order chi connectivity index (χ0) is 13.3. The largest absolute Gasteiger partial charge is 0.399 e. The van der Waals surface area contributed by atoms with Gasteiger partial charge >= 0.3 is 0 Å². The van der Waals surface area contributed by atoms with Crippen LogP contribution in [-0.4, -0.2) is 9.78 Å². The molecule has 2 N–H and O–H groups in total. The second-order valence-electron chi connectivity index (χ2n) is 3.83. The lowest BCUT2D eigenvalue weighted by Crippen LogP contribution is -1.95. The Balaban J connectivity index is 2.58. The van der Waals surface area contributed by atoms with E-state index in [1.54, 1.807) is 6.92 Å². The predicted molar refractivity (Wildman–Crippen MR) is 62.7 cm³/mol. The van der Waals surface area contributed by atoms with E-state index in [1.807, 2.05) is 0 Å². The summed E-state index contributed by atoms with van der Waals surface area (Å²) in [6.07, 6.45) is -1.47. The third-order valence-electron chi connectivity index (χ3n) is 2.60. The molecule has 18 heavy (non-hydrogen) atoms. The smallest absolute Gasteiger partial charge is 0.267 e. The van der Waals surface area contributed by atoms with Crippen LogP contribution in [0.4, 0.5) is 18.9 Å². The highest BCUT2D eigenvalue weighted by molar-refractivity contribution is 5.66. The van der Waals surface area contributed by atoms with Gasteiger partial charge in [0.15, 0.2) is 0 Å². The molecule has 0 amide bonds. The predicted octanol–water partition coefficient (Wildman–Crippen LogP) is 3.23. The van der Waals surface area contributed by atoms with Gasteiger partial charge in [0.1, 0.15) is 11.5 Å². The Morgan fingerprint density at radius 2 is 2.11 bits per heavy atom. The summed E-state index contributed by atoms with van der Waals surface area (Å²) in [6, 6.07) is 3.91. The van der Waals surface area contributed by atoms with Gasteiger partial charge in [0.05, 0.1) is 5.56 Å². The summed E-state index contributed by atoms with van der Waals surface area (Å²) < 4.78 is 40.8. The van der Waals surface area contributed by atoms with Crippen LogP contribution < -0.4 is 5.73 Å². The number of rotatable bonds is 3. The highest BCUT2D eigenvalue weighted by Gasteiger charge is 2.21. The van der Waals surface area contributed by atoms with Crippen molar-refractivity contribution in [3.05, 3.63) is 35.8 Å². The topological polar surface area (TPSA) is 43.8 Å². The highest BCUT2D eigenvalue weighted by atomic mass is 19.3. The van der Waals surface area contributed by atoms with E-state index in [0.29, 0.717) is 6.54 Å². The molecule has 0 saturated carbocycles. The summed E-state index contributed by atoms with van der Waals surface area (Å²) in [5.41, 5.74) is 5.38. The Hall–Kier alpha value is -1.98. The van der Waals surface area contributed by atoms with E-state index in [0.717, 1.165) is 6.07 Å². The molecular formula is C12H12F3N3. The number of halogens is 3. The Morgan fingerprint density at radius 1 is 1.39 bits per heavy atom. The molecule has 0 aliphatic heterocycles. The lowest BCUT2D eigenvalue weighted by atomic mass is 10.1. The molecule has 0 atom stereocenters. The van der Waals surface area contributed by atoms with E-state index in [1.165, 1.54) is 23.0 Å². The maximum atomic E-state index is 13.7. The van der Waals surface area contributed by atoms with Gasteiger partial charge in [-0.3, -0.25) is 4.68 Å². The van der Waals surface area contributed by atoms with Crippen molar-refractivity contribution >= 4 is 5.69 Å². The van der Waals surface area contributed by atoms with Gasteiger partial charge in [-0.15, -0.1) is 0 Å². The zero-order valence-electron chi connectivity index (χ0n) is 9.70. The molecular weight excluding hydrogens is 243 g/mol. The quantitative estimate of drug-likeness (QED) is 0.856. The fourth-order valence-corrected chi connectivity index (χ4v) is 1.69. The van der Waals surface area contributed by atoms with E-state index in [2.05, 4.69) is 5.10 Å². The summed E-state index contributed by atoms with van der Waals surface area (Å²) in [7, 11) is 0. The van der Waals surface area contributed by atoms with Crippen LogP contribution in [0.15, 0.2) is 24.4 Å². The van der Waals surface area contributed by atoms with E-state index in [4.69, 9.17) is 5.73 Å². The standard InChI is InChI=1S/C12H12F3N3/c1-2-18-6-9(12(14)15)11(17-18)8-4-3-7(16)5-10(8)13/h3-6,12H,2,16H2,1H3.